The molecular weight excluding hydrogens is 362 g/mol. The van der Waals surface area contributed by atoms with Crippen LogP contribution in [0.2, 0.25) is 0 Å². The largest absolute Gasteiger partial charge is 0.494 e. The number of fused-ring (bicyclic) bond motifs is 3. The lowest BCUT2D eigenvalue weighted by atomic mass is 9.73. The second-order valence-electron chi connectivity index (χ2n) is 8.67. The summed E-state index contributed by atoms with van der Waals surface area (Å²) in [5.74, 6) is 2.00. The molecule has 0 bridgehead atoms. The lowest BCUT2D eigenvalue weighted by Gasteiger charge is -2.39. The molecule has 1 atom stereocenters. The molecular formula is C24H25N3O2. The van der Waals surface area contributed by atoms with Crippen LogP contribution in [0.5, 0.6) is 5.75 Å². The first-order valence-corrected chi connectivity index (χ1v) is 10.2. The second kappa shape index (κ2) is 6.48. The zero-order valence-electron chi connectivity index (χ0n) is 17.0. The molecule has 2 aliphatic rings. The number of hydrogen-bond acceptors (Lipinski definition) is 4. The van der Waals surface area contributed by atoms with Gasteiger partial charge in [0.05, 0.1) is 12.1 Å². The Kier molecular flexibility index (Phi) is 4.02. The highest BCUT2D eigenvalue weighted by atomic mass is 16.5. The highest BCUT2D eigenvalue weighted by Crippen LogP contribution is 2.47. The van der Waals surface area contributed by atoms with Gasteiger partial charge in [0.25, 0.3) is 0 Å². The summed E-state index contributed by atoms with van der Waals surface area (Å²) in [5.41, 5.74) is 3.80. The summed E-state index contributed by atoms with van der Waals surface area (Å²) in [6.07, 6.45) is 1.40. The van der Waals surface area contributed by atoms with Crippen LogP contribution in [0.15, 0.2) is 59.8 Å². The van der Waals surface area contributed by atoms with E-state index in [4.69, 9.17) is 9.84 Å². The Morgan fingerprint density at radius 1 is 1.14 bits per heavy atom. The number of benzene rings is 2. The lowest BCUT2D eigenvalue weighted by molar-refractivity contribution is -0.118. The van der Waals surface area contributed by atoms with Crippen molar-refractivity contribution in [2.75, 3.05) is 11.9 Å². The number of allylic oxidation sites excluding steroid dienone is 2. The molecule has 29 heavy (non-hydrogen) atoms. The predicted molar refractivity (Wildman–Crippen MR) is 114 cm³/mol. The molecule has 0 amide bonds. The van der Waals surface area contributed by atoms with Crippen LogP contribution >= 0.6 is 0 Å². The van der Waals surface area contributed by atoms with E-state index in [9.17, 15) is 4.79 Å². The fraction of sp³-hybridized carbons (Fsp3) is 0.333. The number of nitrogens with one attached hydrogen (secondary N) is 1. The Morgan fingerprint density at radius 2 is 1.90 bits per heavy atom. The molecule has 1 aromatic heterocycles. The predicted octanol–water partition coefficient (Wildman–Crippen LogP) is 5.09. The number of ketones is 1. The Labute approximate surface area is 170 Å². The molecule has 1 N–H and O–H groups in total. The Bertz CT molecular complexity index is 1140. The van der Waals surface area contributed by atoms with Gasteiger partial charge in [-0.05, 0) is 48.6 Å². The molecule has 5 rings (SSSR count). The molecule has 1 aliphatic carbocycles. The molecule has 0 spiro atoms. The van der Waals surface area contributed by atoms with E-state index in [1.54, 1.807) is 0 Å². The van der Waals surface area contributed by atoms with Gasteiger partial charge >= 0.3 is 0 Å². The fourth-order valence-corrected chi connectivity index (χ4v) is 4.61. The molecule has 0 radical (unpaired) electrons. The Hall–Kier alpha value is -3.08. The minimum atomic E-state index is -0.229. The normalized spacial score (nSPS) is 20.2. The number of hydrogen-bond donors (Lipinski definition) is 1. The van der Waals surface area contributed by atoms with E-state index < -0.39 is 0 Å². The van der Waals surface area contributed by atoms with Gasteiger partial charge in [-0.25, -0.2) is 4.68 Å². The van der Waals surface area contributed by atoms with Crippen LogP contribution in [-0.2, 0) is 4.79 Å². The first-order chi connectivity index (χ1) is 14.0. The highest BCUT2D eigenvalue weighted by Gasteiger charge is 2.41. The van der Waals surface area contributed by atoms with Crippen molar-refractivity contribution in [3.63, 3.8) is 0 Å². The van der Waals surface area contributed by atoms with Crippen molar-refractivity contribution in [3.05, 3.63) is 65.4 Å². The molecule has 5 heteroatoms. The van der Waals surface area contributed by atoms with Gasteiger partial charge < -0.3 is 10.1 Å². The van der Waals surface area contributed by atoms with Crippen molar-refractivity contribution < 1.29 is 9.53 Å². The topological polar surface area (TPSA) is 56.1 Å². The molecule has 1 unspecified atom stereocenters. The minimum absolute atomic E-state index is 0.0513. The van der Waals surface area contributed by atoms with Gasteiger partial charge in [0, 0.05) is 23.1 Å². The van der Waals surface area contributed by atoms with E-state index in [1.807, 2.05) is 41.9 Å². The van der Waals surface area contributed by atoms with Crippen molar-refractivity contribution in [1.29, 1.82) is 0 Å². The van der Waals surface area contributed by atoms with Crippen LogP contribution in [0.3, 0.4) is 0 Å². The monoisotopic (exact) mass is 387 g/mol. The average Bonchev–Trinajstić information content (AvgIpc) is 3.05. The Morgan fingerprint density at radius 3 is 2.66 bits per heavy atom. The van der Waals surface area contributed by atoms with Crippen molar-refractivity contribution in [1.82, 2.24) is 9.78 Å². The third-order valence-corrected chi connectivity index (χ3v) is 5.82. The number of ether oxygens (including phenoxy) is 1. The number of Topliss-reactive ketones (excluding diaryl/α,β-unsaturated/α-hetero) is 1. The minimum Gasteiger partial charge on any atom is -0.494 e. The van der Waals surface area contributed by atoms with Crippen LogP contribution in [0, 0.1) is 5.41 Å². The molecule has 0 fully saturated rings. The maximum absolute atomic E-state index is 13.3. The summed E-state index contributed by atoms with van der Waals surface area (Å²) >= 11 is 0. The number of anilines is 1. The molecule has 148 valence electrons. The van der Waals surface area contributed by atoms with Gasteiger partial charge in [0.2, 0.25) is 0 Å². The molecule has 3 aromatic rings. The SMILES string of the molecule is CCOc1ccc(C2C3=C(CC(C)(C)CC3=O)Nc3c4ccccc4nn32)cc1. The van der Waals surface area contributed by atoms with Gasteiger partial charge in [-0.15, -0.1) is 0 Å². The smallest absolute Gasteiger partial charge is 0.163 e. The van der Waals surface area contributed by atoms with E-state index >= 15 is 0 Å². The van der Waals surface area contributed by atoms with E-state index in [2.05, 4.69) is 37.4 Å². The fourth-order valence-electron chi connectivity index (χ4n) is 4.61. The van der Waals surface area contributed by atoms with Crippen LogP contribution in [0.1, 0.15) is 45.2 Å². The first-order valence-electron chi connectivity index (χ1n) is 10.2. The van der Waals surface area contributed by atoms with E-state index in [0.717, 1.165) is 45.7 Å². The van der Waals surface area contributed by atoms with Crippen molar-refractivity contribution in [2.24, 2.45) is 5.41 Å². The summed E-state index contributed by atoms with van der Waals surface area (Å²) in [7, 11) is 0. The summed E-state index contributed by atoms with van der Waals surface area (Å²) in [4.78, 5) is 13.3. The van der Waals surface area contributed by atoms with Gasteiger partial charge in [0.15, 0.2) is 5.78 Å². The maximum atomic E-state index is 13.3. The van der Waals surface area contributed by atoms with E-state index in [-0.39, 0.29) is 17.2 Å². The molecule has 0 saturated heterocycles. The molecule has 2 aromatic carbocycles. The molecule has 5 nitrogen and oxygen atoms in total. The molecule has 1 aliphatic heterocycles. The Balaban J connectivity index is 1.71. The summed E-state index contributed by atoms with van der Waals surface area (Å²) < 4.78 is 7.59. The van der Waals surface area contributed by atoms with Gasteiger partial charge in [-0.2, -0.15) is 5.10 Å². The third-order valence-electron chi connectivity index (χ3n) is 5.82. The zero-order chi connectivity index (χ0) is 20.2. The standard InChI is InChI=1S/C24H25N3O2/c1-4-29-16-11-9-15(10-12-16)22-21-19(13-24(2,3)14-20(21)28)25-23-17-7-5-6-8-18(17)26-27(22)23/h5-12,22,25H,4,13-14H2,1-3H3. The van der Waals surface area contributed by atoms with Crippen molar-refractivity contribution >= 4 is 22.5 Å². The average molecular weight is 387 g/mol. The van der Waals surface area contributed by atoms with Crippen LogP contribution in [0.4, 0.5) is 5.82 Å². The molecule has 0 saturated carbocycles. The van der Waals surface area contributed by atoms with Crippen LogP contribution < -0.4 is 10.1 Å². The molecule has 2 heterocycles. The first kappa shape index (κ1) is 18.0. The zero-order valence-corrected chi connectivity index (χ0v) is 17.0. The van der Waals surface area contributed by atoms with Crippen LogP contribution in [0.25, 0.3) is 10.9 Å². The number of carbonyl (C=O) groups is 1. The quantitative estimate of drug-likeness (QED) is 0.680. The van der Waals surface area contributed by atoms with Crippen LogP contribution in [-0.4, -0.2) is 22.2 Å². The van der Waals surface area contributed by atoms with E-state index in [0.29, 0.717) is 13.0 Å². The van der Waals surface area contributed by atoms with Crippen molar-refractivity contribution in [2.45, 2.75) is 39.7 Å². The summed E-state index contributed by atoms with van der Waals surface area (Å²) in [6, 6.07) is 15.9. The van der Waals surface area contributed by atoms with E-state index in [1.165, 1.54) is 0 Å². The second-order valence-corrected chi connectivity index (χ2v) is 8.67. The number of carbonyl (C=O) groups excluding carboxylic acids is 1. The summed E-state index contributed by atoms with van der Waals surface area (Å²) in [5, 5.41) is 9.52. The van der Waals surface area contributed by atoms with Gasteiger partial charge in [0.1, 0.15) is 17.6 Å². The van der Waals surface area contributed by atoms with Gasteiger partial charge in [-0.1, -0.05) is 38.1 Å². The highest BCUT2D eigenvalue weighted by molar-refractivity contribution is 6.02. The summed E-state index contributed by atoms with van der Waals surface area (Å²) in [6.45, 7) is 6.92. The van der Waals surface area contributed by atoms with Gasteiger partial charge in [-0.3, -0.25) is 4.79 Å². The lowest BCUT2D eigenvalue weighted by Crippen LogP contribution is -2.36. The number of aromatic nitrogens is 2. The third kappa shape index (κ3) is 2.92. The maximum Gasteiger partial charge on any atom is 0.163 e. The number of nitrogens with zero attached hydrogens (tertiary/aromatic N) is 2. The van der Waals surface area contributed by atoms with Crippen molar-refractivity contribution in [3.8, 4) is 5.75 Å². The number of rotatable bonds is 3.